The zero-order valence-corrected chi connectivity index (χ0v) is 11.4. The molecule has 0 atom stereocenters. The van der Waals surface area contributed by atoms with E-state index in [-0.39, 0.29) is 6.04 Å². The molecule has 0 unspecified atom stereocenters. The number of hydrogen-bond donors (Lipinski definition) is 1. The summed E-state index contributed by atoms with van der Waals surface area (Å²) in [6, 6.07) is 0.482. The molecule has 0 aliphatic heterocycles. The van der Waals surface area contributed by atoms with Crippen LogP contribution in [0.5, 0.6) is 5.75 Å². The fourth-order valence-corrected chi connectivity index (χ4v) is 2.21. The van der Waals surface area contributed by atoms with Gasteiger partial charge < -0.3 is 10.0 Å². The summed E-state index contributed by atoms with van der Waals surface area (Å²) in [4.78, 5) is 13.5. The zero-order valence-electron chi connectivity index (χ0n) is 9.80. The van der Waals surface area contributed by atoms with E-state index in [0.717, 1.165) is 12.8 Å². The van der Waals surface area contributed by atoms with Gasteiger partial charge in [0.15, 0.2) is 17.4 Å². The van der Waals surface area contributed by atoms with Crippen LogP contribution in [-0.2, 0) is 0 Å². The Labute approximate surface area is 116 Å². The van der Waals surface area contributed by atoms with Gasteiger partial charge in [-0.05, 0) is 18.9 Å². The van der Waals surface area contributed by atoms with Gasteiger partial charge in [-0.2, -0.15) is 4.39 Å². The highest BCUT2D eigenvalue weighted by molar-refractivity contribution is 9.09. The molecule has 0 saturated heterocycles. The van der Waals surface area contributed by atoms with Gasteiger partial charge in [0.1, 0.15) is 0 Å². The summed E-state index contributed by atoms with van der Waals surface area (Å²) in [6.45, 7) is 0.336. The van der Waals surface area contributed by atoms with Gasteiger partial charge in [-0.15, -0.1) is 0 Å². The van der Waals surface area contributed by atoms with Crippen molar-refractivity contribution >= 4 is 21.8 Å². The Morgan fingerprint density at radius 1 is 1.37 bits per heavy atom. The molecule has 3 nitrogen and oxygen atoms in total. The predicted octanol–water partition coefficient (Wildman–Crippen LogP) is 2.81. The van der Waals surface area contributed by atoms with E-state index in [1.807, 2.05) is 0 Å². The quantitative estimate of drug-likeness (QED) is 0.678. The van der Waals surface area contributed by atoms with Crippen LogP contribution >= 0.6 is 15.9 Å². The molecule has 0 aromatic heterocycles. The Morgan fingerprint density at radius 2 is 2.00 bits per heavy atom. The van der Waals surface area contributed by atoms with E-state index in [0.29, 0.717) is 17.9 Å². The highest BCUT2D eigenvalue weighted by atomic mass is 79.9. The smallest absolute Gasteiger partial charge is 0.257 e. The molecule has 1 aromatic rings. The molecule has 7 heteroatoms. The van der Waals surface area contributed by atoms with Crippen LogP contribution in [0.2, 0.25) is 0 Å². The molecular formula is C12H11BrF3NO2. The highest BCUT2D eigenvalue weighted by Crippen LogP contribution is 2.31. The Hall–Kier alpha value is -1.24. The third-order valence-corrected chi connectivity index (χ3v) is 3.29. The van der Waals surface area contributed by atoms with Crippen molar-refractivity contribution < 1.29 is 23.1 Å². The monoisotopic (exact) mass is 337 g/mol. The lowest BCUT2D eigenvalue weighted by Gasteiger charge is -2.21. The fraction of sp³-hybridized carbons (Fsp3) is 0.417. The molecule has 1 fully saturated rings. The Kier molecular flexibility index (Phi) is 4.03. The molecule has 0 radical (unpaired) electrons. The summed E-state index contributed by atoms with van der Waals surface area (Å²) in [5, 5.41) is 9.61. The van der Waals surface area contributed by atoms with E-state index < -0.39 is 34.7 Å². The van der Waals surface area contributed by atoms with Crippen molar-refractivity contribution in [3.05, 3.63) is 29.1 Å². The van der Waals surface area contributed by atoms with E-state index in [4.69, 9.17) is 5.11 Å². The number of carbonyl (C=O) groups is 1. The van der Waals surface area contributed by atoms with Crippen LogP contribution in [0.3, 0.4) is 0 Å². The van der Waals surface area contributed by atoms with Crippen LogP contribution in [0.1, 0.15) is 23.2 Å². The van der Waals surface area contributed by atoms with Crippen molar-refractivity contribution in [2.24, 2.45) is 0 Å². The van der Waals surface area contributed by atoms with E-state index in [9.17, 15) is 18.0 Å². The van der Waals surface area contributed by atoms with Crippen molar-refractivity contribution in [3.8, 4) is 5.75 Å². The Balaban J connectivity index is 2.37. The van der Waals surface area contributed by atoms with Gasteiger partial charge in [0.25, 0.3) is 5.91 Å². The minimum Gasteiger partial charge on any atom is -0.503 e. The van der Waals surface area contributed by atoms with Gasteiger partial charge in [-0.25, -0.2) is 8.78 Å². The number of hydrogen-bond acceptors (Lipinski definition) is 2. The molecule has 0 heterocycles. The van der Waals surface area contributed by atoms with Crippen molar-refractivity contribution in [3.63, 3.8) is 0 Å². The van der Waals surface area contributed by atoms with Crippen molar-refractivity contribution in [1.82, 2.24) is 4.90 Å². The number of benzene rings is 1. The van der Waals surface area contributed by atoms with Crippen LogP contribution in [0.25, 0.3) is 0 Å². The van der Waals surface area contributed by atoms with Crippen molar-refractivity contribution in [2.45, 2.75) is 18.9 Å². The minimum atomic E-state index is -1.69. The molecule has 19 heavy (non-hydrogen) atoms. The van der Waals surface area contributed by atoms with Crippen LogP contribution in [0.4, 0.5) is 13.2 Å². The van der Waals surface area contributed by atoms with Crippen molar-refractivity contribution in [1.29, 1.82) is 0 Å². The van der Waals surface area contributed by atoms with Gasteiger partial charge in [-0.3, -0.25) is 4.79 Å². The molecular weight excluding hydrogens is 327 g/mol. The molecule has 1 aliphatic carbocycles. The first-order chi connectivity index (χ1) is 8.97. The third kappa shape index (κ3) is 2.70. The topological polar surface area (TPSA) is 40.5 Å². The number of phenols is 1. The maximum Gasteiger partial charge on any atom is 0.257 e. The zero-order chi connectivity index (χ0) is 14.2. The second kappa shape index (κ2) is 5.40. The summed E-state index contributed by atoms with van der Waals surface area (Å²) in [6.07, 6.45) is 1.60. The number of nitrogens with zero attached hydrogens (tertiary/aromatic N) is 1. The Morgan fingerprint density at radius 3 is 2.53 bits per heavy atom. The van der Waals surface area contributed by atoms with Crippen LogP contribution < -0.4 is 0 Å². The number of carbonyl (C=O) groups excluding carboxylic acids is 1. The molecule has 1 saturated carbocycles. The first kappa shape index (κ1) is 14.2. The number of amides is 1. The highest BCUT2D eigenvalue weighted by Gasteiger charge is 2.34. The summed E-state index contributed by atoms with van der Waals surface area (Å²) < 4.78 is 39.8. The summed E-state index contributed by atoms with van der Waals surface area (Å²) >= 11 is 3.17. The van der Waals surface area contributed by atoms with Gasteiger partial charge in [0.2, 0.25) is 5.82 Å². The second-order valence-electron chi connectivity index (χ2n) is 4.30. The molecule has 1 amide bonds. The average molecular weight is 338 g/mol. The largest absolute Gasteiger partial charge is 0.503 e. The standard InChI is InChI=1S/C12H11BrF3NO2/c13-3-4-17(6-1-2-6)12(19)7-5-8(14)10(16)11(18)9(7)15/h5-6,18H,1-4H2. The summed E-state index contributed by atoms with van der Waals surface area (Å²) in [5.41, 5.74) is -0.649. The molecule has 0 spiro atoms. The molecule has 2 rings (SSSR count). The van der Waals surface area contributed by atoms with E-state index in [1.54, 1.807) is 0 Å². The van der Waals surface area contributed by atoms with Gasteiger partial charge in [-0.1, -0.05) is 15.9 Å². The predicted molar refractivity (Wildman–Crippen MR) is 65.8 cm³/mol. The molecule has 104 valence electrons. The van der Waals surface area contributed by atoms with Gasteiger partial charge in [0, 0.05) is 17.9 Å². The van der Waals surface area contributed by atoms with E-state index >= 15 is 0 Å². The third-order valence-electron chi connectivity index (χ3n) is 2.94. The molecule has 1 aliphatic rings. The van der Waals surface area contributed by atoms with E-state index in [2.05, 4.69) is 15.9 Å². The number of phenolic OH excluding ortho intramolecular Hbond substituents is 1. The summed E-state index contributed by atoms with van der Waals surface area (Å²) in [5.74, 6) is -6.76. The first-order valence-electron chi connectivity index (χ1n) is 5.70. The molecule has 0 bridgehead atoms. The first-order valence-corrected chi connectivity index (χ1v) is 6.83. The van der Waals surface area contributed by atoms with E-state index in [1.165, 1.54) is 4.90 Å². The van der Waals surface area contributed by atoms with Crippen LogP contribution in [0.15, 0.2) is 6.07 Å². The fourth-order valence-electron chi connectivity index (χ4n) is 1.83. The Bertz CT molecular complexity index is 520. The SMILES string of the molecule is O=C(c1cc(F)c(F)c(O)c1F)N(CCBr)C1CC1. The van der Waals surface area contributed by atoms with Crippen LogP contribution in [0, 0.1) is 17.5 Å². The average Bonchev–Trinajstić information content (AvgIpc) is 3.21. The number of aromatic hydroxyl groups is 1. The minimum absolute atomic E-state index is 0.000271. The van der Waals surface area contributed by atoms with Gasteiger partial charge in [0.05, 0.1) is 5.56 Å². The van der Waals surface area contributed by atoms with Crippen molar-refractivity contribution in [2.75, 3.05) is 11.9 Å². The maximum absolute atomic E-state index is 13.7. The number of alkyl halides is 1. The number of halogens is 4. The lowest BCUT2D eigenvalue weighted by molar-refractivity contribution is 0.0748. The van der Waals surface area contributed by atoms with Gasteiger partial charge >= 0.3 is 0 Å². The lowest BCUT2D eigenvalue weighted by atomic mass is 10.1. The summed E-state index contributed by atoms with van der Waals surface area (Å²) in [7, 11) is 0. The van der Waals surface area contributed by atoms with Crippen LogP contribution in [-0.4, -0.2) is 33.8 Å². The maximum atomic E-state index is 13.7. The number of rotatable bonds is 4. The normalized spacial score (nSPS) is 14.5. The molecule has 1 N–H and O–H groups in total. The molecule has 1 aromatic carbocycles. The second-order valence-corrected chi connectivity index (χ2v) is 5.09. The lowest BCUT2D eigenvalue weighted by Crippen LogP contribution is -2.35.